The zero-order chi connectivity index (χ0) is 24.7. The van der Waals surface area contributed by atoms with Crippen molar-refractivity contribution in [2.75, 3.05) is 18.3 Å². The van der Waals surface area contributed by atoms with Crippen molar-refractivity contribution in [1.82, 2.24) is 0 Å². The van der Waals surface area contributed by atoms with Crippen LogP contribution < -0.4 is 0 Å². The molecule has 0 aliphatic heterocycles. The van der Waals surface area contributed by atoms with Crippen molar-refractivity contribution in [2.45, 2.75) is 97.9 Å². The maximum atomic E-state index is 10.7. The normalized spacial score (nSPS) is 15.1. The first-order valence-electron chi connectivity index (χ1n) is 11.3. The highest BCUT2D eigenvalue weighted by atomic mass is 32.2. The van der Waals surface area contributed by atoms with Crippen molar-refractivity contribution >= 4 is 21.0 Å². The predicted octanol–water partition coefficient (Wildman–Crippen LogP) is 7.30. The van der Waals surface area contributed by atoms with Gasteiger partial charge in [0.05, 0.1) is 12.5 Å². The van der Waals surface area contributed by atoms with Crippen LogP contribution in [0.2, 0.25) is 0 Å². The van der Waals surface area contributed by atoms with Gasteiger partial charge in [-0.15, -0.1) is 0 Å². The van der Waals surface area contributed by atoms with Crippen LogP contribution in [0.25, 0.3) is 0 Å². The summed E-state index contributed by atoms with van der Waals surface area (Å²) in [5.74, 6) is 4.00. The summed E-state index contributed by atoms with van der Waals surface area (Å²) < 4.78 is 58.9. The van der Waals surface area contributed by atoms with Crippen LogP contribution >= 0.6 is 0 Å². The minimum atomic E-state index is -6.09. The predicted molar refractivity (Wildman–Crippen MR) is 128 cm³/mol. The third-order valence-corrected chi connectivity index (χ3v) is 6.59. The van der Waals surface area contributed by atoms with Gasteiger partial charge in [-0.3, -0.25) is 0 Å². The van der Waals surface area contributed by atoms with E-state index in [1.807, 2.05) is 0 Å². The highest BCUT2D eigenvalue weighted by Crippen LogP contribution is 2.22. The number of hydrogen-bond donors (Lipinski definition) is 0. The molecule has 0 heterocycles. The van der Waals surface area contributed by atoms with Crippen LogP contribution in [0.1, 0.15) is 92.4 Å². The average Bonchev–Trinajstić information content (AvgIpc) is 2.58. The summed E-state index contributed by atoms with van der Waals surface area (Å²) in [5, 5.41) is 0. The summed E-state index contributed by atoms with van der Waals surface area (Å²) >= 11 is 0. The topological polar surface area (TPSA) is 57.2 Å². The largest absolute Gasteiger partial charge is 0.741 e. The number of rotatable bonds is 14. The molecule has 0 aromatic heterocycles. The fourth-order valence-electron chi connectivity index (χ4n) is 3.12. The molecule has 0 N–H and O–H groups in total. The second-order valence-electron chi connectivity index (χ2n) is 9.46. The van der Waals surface area contributed by atoms with E-state index in [2.05, 4.69) is 53.2 Å². The van der Waals surface area contributed by atoms with E-state index >= 15 is 0 Å². The Morgan fingerprint density at radius 2 is 1.29 bits per heavy atom. The lowest BCUT2D eigenvalue weighted by Crippen LogP contribution is -2.21. The molecule has 0 rings (SSSR count). The Morgan fingerprint density at radius 1 is 0.903 bits per heavy atom. The lowest BCUT2D eigenvalue weighted by atomic mass is 9.91. The summed E-state index contributed by atoms with van der Waals surface area (Å²) in [6.45, 7) is 11.9. The molecule has 0 aromatic rings. The Morgan fingerprint density at radius 3 is 1.65 bits per heavy atom. The van der Waals surface area contributed by atoms with Crippen LogP contribution in [0, 0.1) is 17.8 Å². The van der Waals surface area contributed by atoms with Crippen molar-refractivity contribution in [2.24, 2.45) is 17.8 Å². The molecular formula is C23H45F3O3S2. The summed E-state index contributed by atoms with van der Waals surface area (Å²) in [7, 11) is -5.53. The fraction of sp³-hybridized carbons (Fsp3) is 0.913. The standard InChI is InChI=1S/C22H45S.CHF3O3S/c1-19(2)11-8-12-20(3)13-9-14-21(4)15-10-16-22(5)17-18-23(6)7;2-1(3,4)8(5,6)7/h17,19-21H,8-16,18H2,1-7H3;(H,5,6,7)/q+1;/p-1. The molecule has 0 aromatic carbocycles. The lowest BCUT2D eigenvalue weighted by molar-refractivity contribution is -0.0517. The Balaban J connectivity index is 0. The second-order valence-corrected chi connectivity index (χ2v) is 13.1. The molecular weight excluding hydrogens is 445 g/mol. The van der Waals surface area contributed by atoms with Crippen LogP contribution in [-0.4, -0.2) is 36.7 Å². The molecule has 0 spiro atoms. The molecule has 0 radical (unpaired) electrons. The van der Waals surface area contributed by atoms with E-state index in [-0.39, 0.29) is 0 Å². The fourth-order valence-corrected chi connectivity index (χ4v) is 3.74. The maximum absolute atomic E-state index is 10.7. The molecule has 0 saturated carbocycles. The number of hydrogen-bond acceptors (Lipinski definition) is 3. The van der Waals surface area contributed by atoms with Crippen molar-refractivity contribution < 1.29 is 26.1 Å². The van der Waals surface area contributed by atoms with Crippen LogP contribution in [0.4, 0.5) is 13.2 Å². The molecule has 31 heavy (non-hydrogen) atoms. The van der Waals surface area contributed by atoms with Gasteiger partial charge in [0.2, 0.25) is 0 Å². The van der Waals surface area contributed by atoms with Crippen LogP contribution in [0.15, 0.2) is 11.6 Å². The first-order valence-corrected chi connectivity index (χ1v) is 14.9. The summed E-state index contributed by atoms with van der Waals surface area (Å²) in [6.07, 6.45) is 19.8. The monoisotopic (exact) mass is 490 g/mol. The minimum absolute atomic E-state index is 0.559. The first kappa shape index (κ1) is 33.0. The second kappa shape index (κ2) is 17.3. The number of halogens is 3. The molecule has 2 unspecified atom stereocenters. The molecule has 0 bridgehead atoms. The van der Waals surface area contributed by atoms with Crippen LogP contribution in [0.3, 0.4) is 0 Å². The Hall–Kier alpha value is -0.210. The van der Waals surface area contributed by atoms with E-state index in [0.29, 0.717) is 10.9 Å². The van der Waals surface area contributed by atoms with Gasteiger partial charge in [0.15, 0.2) is 10.1 Å². The van der Waals surface area contributed by atoms with Gasteiger partial charge < -0.3 is 4.55 Å². The summed E-state index contributed by atoms with van der Waals surface area (Å²) in [4.78, 5) is 0. The van der Waals surface area contributed by atoms with Gasteiger partial charge >= 0.3 is 5.51 Å². The zero-order valence-corrected chi connectivity index (χ0v) is 22.2. The zero-order valence-electron chi connectivity index (χ0n) is 20.6. The smallest absolute Gasteiger partial charge is 0.485 e. The highest BCUT2D eigenvalue weighted by molar-refractivity contribution is 7.95. The van der Waals surface area contributed by atoms with E-state index in [0.717, 1.165) is 17.8 Å². The van der Waals surface area contributed by atoms with Crippen molar-refractivity contribution in [3.05, 3.63) is 11.6 Å². The van der Waals surface area contributed by atoms with E-state index in [1.165, 1.54) is 63.5 Å². The van der Waals surface area contributed by atoms with E-state index < -0.39 is 15.6 Å². The van der Waals surface area contributed by atoms with Crippen molar-refractivity contribution in [3.8, 4) is 0 Å². The molecule has 0 fully saturated rings. The summed E-state index contributed by atoms with van der Waals surface area (Å²) in [5.41, 5.74) is -4.04. The molecule has 2 atom stereocenters. The lowest BCUT2D eigenvalue weighted by Gasteiger charge is -2.15. The van der Waals surface area contributed by atoms with Gasteiger partial charge in [0.25, 0.3) is 0 Å². The van der Waals surface area contributed by atoms with Crippen molar-refractivity contribution in [1.29, 1.82) is 0 Å². The molecule has 0 aliphatic carbocycles. The van der Waals surface area contributed by atoms with Gasteiger partial charge in [-0.25, -0.2) is 8.42 Å². The van der Waals surface area contributed by atoms with E-state index in [9.17, 15) is 13.2 Å². The van der Waals surface area contributed by atoms with E-state index in [1.54, 1.807) is 5.57 Å². The third kappa shape index (κ3) is 22.8. The molecule has 0 aliphatic rings. The number of alkyl halides is 3. The SMILES string of the molecule is CC(=CC[S+](C)C)CCCC(C)CCCC(C)CCCC(C)C.O=S(=O)([O-])C(F)(F)F. The van der Waals surface area contributed by atoms with Gasteiger partial charge in [-0.1, -0.05) is 78.2 Å². The minimum Gasteiger partial charge on any atom is -0.741 e. The number of allylic oxidation sites excluding steroid dienone is 1. The Bertz CT molecular complexity index is 571. The average molecular weight is 491 g/mol. The molecule has 188 valence electrons. The summed E-state index contributed by atoms with van der Waals surface area (Å²) in [6, 6.07) is 0. The molecule has 0 saturated heterocycles. The Labute approximate surface area is 192 Å². The Kier molecular flexibility index (Phi) is 18.4. The van der Waals surface area contributed by atoms with Gasteiger partial charge in [0, 0.05) is 0 Å². The van der Waals surface area contributed by atoms with Gasteiger partial charge in [0.1, 0.15) is 5.75 Å². The van der Waals surface area contributed by atoms with Gasteiger partial charge in [-0.05, 0) is 54.5 Å². The molecule has 0 amide bonds. The third-order valence-electron chi connectivity index (χ3n) is 5.19. The molecule has 3 nitrogen and oxygen atoms in total. The highest BCUT2D eigenvalue weighted by Gasteiger charge is 2.36. The molecule has 8 heteroatoms. The van der Waals surface area contributed by atoms with Crippen LogP contribution in [0.5, 0.6) is 0 Å². The van der Waals surface area contributed by atoms with E-state index in [4.69, 9.17) is 13.0 Å². The quantitative estimate of drug-likeness (QED) is 0.111. The van der Waals surface area contributed by atoms with Crippen molar-refractivity contribution in [3.63, 3.8) is 0 Å². The van der Waals surface area contributed by atoms with Gasteiger partial charge in [-0.2, -0.15) is 13.2 Å². The van der Waals surface area contributed by atoms with Crippen LogP contribution in [-0.2, 0) is 21.0 Å². The maximum Gasteiger partial charge on any atom is 0.485 e. The first-order chi connectivity index (χ1) is 14.1.